The van der Waals surface area contributed by atoms with Gasteiger partial charge in [0.2, 0.25) is 0 Å². The highest BCUT2D eigenvalue weighted by Crippen LogP contribution is 2.27. The molecule has 2 aromatic rings. The molecule has 1 heterocycles. The molecule has 20 heavy (non-hydrogen) atoms. The number of aryl methyl sites for hydroxylation is 2. The van der Waals surface area contributed by atoms with E-state index in [2.05, 4.69) is 73.4 Å². The molecule has 1 aromatic carbocycles. The minimum Gasteiger partial charge on any atom is -0.379 e. The van der Waals surface area contributed by atoms with Crippen molar-refractivity contribution in [3.05, 3.63) is 43.8 Å². The van der Waals surface area contributed by atoms with Crippen LogP contribution in [0.25, 0.3) is 0 Å². The maximum absolute atomic E-state index is 4.71. The fourth-order valence-electron chi connectivity index (χ4n) is 1.97. The van der Waals surface area contributed by atoms with E-state index in [9.17, 15) is 0 Å². The summed E-state index contributed by atoms with van der Waals surface area (Å²) < 4.78 is 1.19. The van der Waals surface area contributed by atoms with Crippen molar-refractivity contribution in [3.63, 3.8) is 0 Å². The van der Waals surface area contributed by atoms with Gasteiger partial charge >= 0.3 is 0 Å². The normalized spacial score (nSPS) is 11.7. The van der Waals surface area contributed by atoms with Crippen LogP contribution in [0.15, 0.2) is 22.0 Å². The summed E-state index contributed by atoms with van der Waals surface area (Å²) in [5.41, 5.74) is 4.89. The summed E-state index contributed by atoms with van der Waals surface area (Å²) >= 11 is 5.34. The predicted molar refractivity (Wildman–Crippen MR) is 91.8 cm³/mol. The Kier molecular flexibility index (Phi) is 4.55. The molecule has 4 heteroatoms. The fraction of sp³-hybridized carbons (Fsp3) is 0.438. The highest BCUT2D eigenvalue weighted by atomic mass is 79.9. The highest BCUT2D eigenvalue weighted by Gasteiger charge is 2.17. The van der Waals surface area contributed by atoms with Crippen LogP contribution >= 0.6 is 27.3 Å². The number of anilines is 1. The number of benzene rings is 1. The first-order valence-corrected chi connectivity index (χ1v) is 8.40. The quantitative estimate of drug-likeness (QED) is 0.796. The van der Waals surface area contributed by atoms with Crippen LogP contribution in [0.1, 0.15) is 42.6 Å². The highest BCUT2D eigenvalue weighted by molar-refractivity contribution is 9.10. The van der Waals surface area contributed by atoms with Gasteiger partial charge in [0, 0.05) is 21.0 Å². The molecule has 0 atom stereocenters. The van der Waals surface area contributed by atoms with Gasteiger partial charge in [-0.2, -0.15) is 0 Å². The third-order valence-corrected chi connectivity index (χ3v) is 5.67. The molecule has 0 saturated heterocycles. The molecule has 0 bridgehead atoms. The Labute approximate surface area is 133 Å². The van der Waals surface area contributed by atoms with Crippen LogP contribution < -0.4 is 5.32 Å². The summed E-state index contributed by atoms with van der Waals surface area (Å²) in [6.07, 6.45) is 0. The smallest absolute Gasteiger partial charge is 0.0982 e. The lowest BCUT2D eigenvalue weighted by Gasteiger charge is -2.13. The Morgan fingerprint density at radius 2 is 1.80 bits per heavy atom. The molecule has 0 spiro atoms. The van der Waals surface area contributed by atoms with Gasteiger partial charge in [0.1, 0.15) is 0 Å². The van der Waals surface area contributed by atoms with E-state index in [1.165, 1.54) is 20.6 Å². The number of hydrogen-bond donors (Lipinski definition) is 1. The Bertz CT molecular complexity index is 588. The van der Waals surface area contributed by atoms with Gasteiger partial charge in [-0.1, -0.05) is 36.7 Å². The zero-order valence-corrected chi connectivity index (χ0v) is 15.1. The van der Waals surface area contributed by atoms with Gasteiger partial charge in [0.25, 0.3) is 0 Å². The maximum atomic E-state index is 4.71. The van der Waals surface area contributed by atoms with E-state index in [0.29, 0.717) is 0 Å². The fourth-order valence-corrected chi connectivity index (χ4v) is 3.11. The van der Waals surface area contributed by atoms with Gasteiger partial charge in [0.05, 0.1) is 17.2 Å². The standard InChI is InChI=1S/C16H21BrN2S/c1-10-6-12(7-11(2)14(10)17)18-8-13-9-20-15(19-13)16(3,4)5/h6-7,9,18H,8H2,1-5H3. The van der Waals surface area contributed by atoms with Gasteiger partial charge in [-0.25, -0.2) is 4.98 Å². The van der Waals surface area contributed by atoms with E-state index >= 15 is 0 Å². The van der Waals surface area contributed by atoms with Gasteiger partial charge in [-0.05, 0) is 37.1 Å². The molecule has 0 unspecified atom stereocenters. The van der Waals surface area contributed by atoms with Crippen molar-refractivity contribution in [2.24, 2.45) is 0 Å². The van der Waals surface area contributed by atoms with Crippen LogP contribution in [0.3, 0.4) is 0 Å². The summed E-state index contributed by atoms with van der Waals surface area (Å²) in [4.78, 5) is 4.71. The van der Waals surface area contributed by atoms with E-state index in [-0.39, 0.29) is 5.41 Å². The van der Waals surface area contributed by atoms with Crippen LogP contribution in [0, 0.1) is 13.8 Å². The molecule has 0 amide bonds. The van der Waals surface area contributed by atoms with Gasteiger partial charge in [-0.3, -0.25) is 0 Å². The van der Waals surface area contributed by atoms with Crippen molar-refractivity contribution in [1.82, 2.24) is 4.98 Å². The first-order chi connectivity index (χ1) is 9.27. The summed E-state index contributed by atoms with van der Waals surface area (Å²) in [6, 6.07) is 4.32. The Morgan fingerprint density at radius 3 is 2.30 bits per heavy atom. The number of nitrogens with zero attached hydrogens (tertiary/aromatic N) is 1. The summed E-state index contributed by atoms with van der Waals surface area (Å²) in [5, 5.41) is 6.80. The van der Waals surface area contributed by atoms with Gasteiger partial charge < -0.3 is 5.32 Å². The summed E-state index contributed by atoms with van der Waals surface area (Å²) in [5.74, 6) is 0. The number of thiazole rings is 1. The minimum atomic E-state index is 0.133. The van der Waals surface area contributed by atoms with Crippen LogP contribution in [-0.4, -0.2) is 4.98 Å². The molecule has 1 N–H and O–H groups in total. The largest absolute Gasteiger partial charge is 0.379 e. The molecular formula is C16H21BrN2S. The molecule has 0 fully saturated rings. The number of nitrogens with one attached hydrogen (secondary N) is 1. The second-order valence-corrected chi connectivity index (χ2v) is 7.82. The molecule has 0 aliphatic heterocycles. The van der Waals surface area contributed by atoms with Crippen LogP contribution in [0.4, 0.5) is 5.69 Å². The lowest BCUT2D eigenvalue weighted by molar-refractivity contribution is 0.583. The summed E-state index contributed by atoms with van der Waals surface area (Å²) in [6.45, 7) is 11.6. The topological polar surface area (TPSA) is 24.9 Å². The van der Waals surface area contributed by atoms with Crippen LogP contribution in [-0.2, 0) is 12.0 Å². The molecule has 1 aromatic heterocycles. The Morgan fingerprint density at radius 1 is 1.20 bits per heavy atom. The molecule has 2 rings (SSSR count). The molecular weight excluding hydrogens is 332 g/mol. The first kappa shape index (κ1) is 15.5. The number of hydrogen-bond acceptors (Lipinski definition) is 3. The molecule has 108 valence electrons. The van der Waals surface area contributed by atoms with E-state index in [0.717, 1.165) is 17.9 Å². The SMILES string of the molecule is Cc1cc(NCc2csc(C(C)(C)C)n2)cc(C)c1Br. The molecule has 0 saturated carbocycles. The Hall–Kier alpha value is -0.870. The number of aromatic nitrogens is 1. The lowest BCUT2D eigenvalue weighted by atomic mass is 9.98. The van der Waals surface area contributed by atoms with Crippen molar-refractivity contribution >= 4 is 33.0 Å². The predicted octanol–water partition coefficient (Wildman–Crippen LogP) is 5.43. The van der Waals surface area contributed by atoms with Crippen molar-refractivity contribution < 1.29 is 0 Å². The molecule has 0 aliphatic carbocycles. The maximum Gasteiger partial charge on any atom is 0.0982 e. The average Bonchev–Trinajstić information content (AvgIpc) is 2.82. The Balaban J connectivity index is 2.08. The van der Waals surface area contributed by atoms with E-state index < -0.39 is 0 Å². The van der Waals surface area contributed by atoms with Gasteiger partial charge in [0.15, 0.2) is 0 Å². The first-order valence-electron chi connectivity index (χ1n) is 6.73. The van der Waals surface area contributed by atoms with Gasteiger partial charge in [-0.15, -0.1) is 11.3 Å². The molecule has 0 aliphatic rings. The van der Waals surface area contributed by atoms with Crippen LogP contribution in [0.2, 0.25) is 0 Å². The second kappa shape index (κ2) is 5.86. The monoisotopic (exact) mass is 352 g/mol. The second-order valence-electron chi connectivity index (χ2n) is 6.17. The van der Waals surface area contributed by atoms with Crippen molar-refractivity contribution in [3.8, 4) is 0 Å². The average molecular weight is 353 g/mol. The molecule has 2 nitrogen and oxygen atoms in total. The lowest BCUT2D eigenvalue weighted by Crippen LogP contribution is -2.11. The minimum absolute atomic E-state index is 0.133. The van der Waals surface area contributed by atoms with E-state index in [1.54, 1.807) is 11.3 Å². The number of rotatable bonds is 3. The number of halogens is 1. The summed E-state index contributed by atoms with van der Waals surface area (Å²) in [7, 11) is 0. The van der Waals surface area contributed by atoms with Crippen LogP contribution in [0.5, 0.6) is 0 Å². The van der Waals surface area contributed by atoms with Crippen molar-refractivity contribution in [1.29, 1.82) is 0 Å². The molecule has 0 radical (unpaired) electrons. The zero-order valence-electron chi connectivity index (χ0n) is 12.7. The van der Waals surface area contributed by atoms with E-state index in [4.69, 9.17) is 4.98 Å². The zero-order chi connectivity index (χ0) is 14.9. The third kappa shape index (κ3) is 3.61. The third-order valence-electron chi connectivity index (χ3n) is 3.10. The van der Waals surface area contributed by atoms with Crippen molar-refractivity contribution in [2.75, 3.05) is 5.32 Å². The van der Waals surface area contributed by atoms with E-state index in [1.807, 2.05) is 0 Å². The van der Waals surface area contributed by atoms with Crippen molar-refractivity contribution in [2.45, 2.75) is 46.6 Å².